The van der Waals surface area contributed by atoms with Crippen LogP contribution in [-0.4, -0.2) is 26.1 Å². The maximum absolute atomic E-state index is 11.0. The smallest absolute Gasteiger partial charge is 0.294 e. The van der Waals surface area contributed by atoms with E-state index in [1.54, 1.807) is 0 Å². The van der Waals surface area contributed by atoms with E-state index in [1.165, 1.54) is 30.3 Å². The number of rotatable bonds is 2. The van der Waals surface area contributed by atoms with Gasteiger partial charge in [0.1, 0.15) is 11.4 Å². The summed E-state index contributed by atoms with van der Waals surface area (Å²) in [5, 5.41) is 17.2. The van der Waals surface area contributed by atoms with E-state index >= 15 is 0 Å². The first-order valence-electron chi connectivity index (χ1n) is 4.77. The van der Waals surface area contributed by atoms with Crippen LogP contribution in [0.3, 0.4) is 0 Å². The third-order valence-corrected chi connectivity index (χ3v) is 3.25. The first-order valence-corrected chi connectivity index (χ1v) is 6.21. The number of hydrogen-bond acceptors (Lipinski definition) is 5. The van der Waals surface area contributed by atoms with Crippen molar-refractivity contribution >= 4 is 34.6 Å². The van der Waals surface area contributed by atoms with Crippen LogP contribution in [0.5, 0.6) is 5.75 Å². The lowest BCUT2D eigenvalue weighted by molar-refractivity contribution is 0.477. The van der Waals surface area contributed by atoms with E-state index in [0.717, 1.165) is 0 Å². The summed E-state index contributed by atoms with van der Waals surface area (Å²) in [6.07, 6.45) is 0. The molecule has 2 radical (unpaired) electrons. The SMILES string of the molecule is [B]N=Nc1c(O)ccc2cc(S(=O)(=O)O)ccc12. The Morgan fingerprint density at radius 1 is 1.17 bits per heavy atom. The molecule has 18 heavy (non-hydrogen) atoms. The zero-order valence-corrected chi connectivity index (χ0v) is 9.79. The van der Waals surface area contributed by atoms with Gasteiger partial charge in [0, 0.05) is 5.39 Å². The third-order valence-electron chi connectivity index (χ3n) is 2.40. The fraction of sp³-hybridized carbons (Fsp3) is 0. The molecule has 0 spiro atoms. The van der Waals surface area contributed by atoms with Crippen molar-refractivity contribution in [2.75, 3.05) is 0 Å². The van der Waals surface area contributed by atoms with Gasteiger partial charge in [0.05, 0.1) is 4.90 Å². The van der Waals surface area contributed by atoms with Gasteiger partial charge in [0.25, 0.3) is 18.1 Å². The van der Waals surface area contributed by atoms with E-state index in [4.69, 9.17) is 12.5 Å². The minimum Gasteiger partial charge on any atom is -0.506 e. The maximum Gasteiger partial charge on any atom is 0.294 e. The highest BCUT2D eigenvalue weighted by Crippen LogP contribution is 2.35. The Morgan fingerprint density at radius 2 is 1.89 bits per heavy atom. The molecule has 0 unspecified atom stereocenters. The zero-order chi connectivity index (χ0) is 13.3. The highest BCUT2D eigenvalue weighted by Gasteiger charge is 2.12. The summed E-state index contributed by atoms with van der Waals surface area (Å²) in [7, 11) is 0.660. The van der Waals surface area contributed by atoms with Crippen molar-refractivity contribution in [2.45, 2.75) is 4.90 Å². The second-order valence-electron chi connectivity index (χ2n) is 3.51. The molecule has 0 aromatic heterocycles. The minimum atomic E-state index is -4.27. The Balaban J connectivity index is 2.79. The van der Waals surface area contributed by atoms with Crippen LogP contribution in [0.25, 0.3) is 10.8 Å². The van der Waals surface area contributed by atoms with E-state index in [-0.39, 0.29) is 16.3 Å². The Kier molecular flexibility index (Phi) is 3.06. The van der Waals surface area contributed by atoms with Crippen molar-refractivity contribution in [3.8, 4) is 5.75 Å². The van der Waals surface area contributed by atoms with Gasteiger partial charge in [-0.1, -0.05) is 12.1 Å². The molecule has 0 aliphatic rings. The largest absolute Gasteiger partial charge is 0.506 e. The molecule has 6 nitrogen and oxygen atoms in total. The number of fused-ring (bicyclic) bond motifs is 1. The van der Waals surface area contributed by atoms with E-state index in [1.807, 2.05) is 0 Å². The van der Waals surface area contributed by atoms with Gasteiger partial charge in [-0.25, -0.2) is 0 Å². The summed E-state index contributed by atoms with van der Waals surface area (Å²) in [5.41, 5.74) is 0.136. The van der Waals surface area contributed by atoms with E-state index in [0.29, 0.717) is 10.8 Å². The van der Waals surface area contributed by atoms with Gasteiger partial charge in [-0.05, 0) is 23.6 Å². The predicted octanol–water partition coefficient (Wildman–Crippen LogP) is 1.96. The zero-order valence-electron chi connectivity index (χ0n) is 8.98. The second kappa shape index (κ2) is 4.39. The van der Waals surface area contributed by atoms with E-state index in [9.17, 15) is 13.5 Å². The molecular weight excluding hydrogens is 255 g/mol. The summed E-state index contributed by atoms with van der Waals surface area (Å²) in [4.78, 5) is -0.240. The average molecular weight is 262 g/mol. The van der Waals surface area contributed by atoms with Gasteiger partial charge in [0.2, 0.25) is 0 Å². The Bertz CT molecular complexity index is 743. The molecule has 90 valence electrons. The van der Waals surface area contributed by atoms with Crippen LogP contribution in [0.2, 0.25) is 0 Å². The Morgan fingerprint density at radius 3 is 2.50 bits per heavy atom. The molecule has 0 amide bonds. The van der Waals surface area contributed by atoms with Gasteiger partial charge in [-0.15, -0.1) is 0 Å². The first-order chi connectivity index (χ1) is 8.43. The van der Waals surface area contributed by atoms with Crippen LogP contribution in [0.4, 0.5) is 5.69 Å². The summed E-state index contributed by atoms with van der Waals surface area (Å²) in [6.45, 7) is 0. The molecule has 0 fully saturated rings. The molecule has 0 bridgehead atoms. The lowest BCUT2D eigenvalue weighted by Gasteiger charge is -2.05. The molecule has 0 aliphatic heterocycles. The number of phenols is 1. The van der Waals surface area contributed by atoms with Gasteiger partial charge in [-0.3, -0.25) is 9.58 Å². The molecule has 0 atom stereocenters. The summed E-state index contributed by atoms with van der Waals surface area (Å²) in [5.74, 6) is -0.128. The van der Waals surface area contributed by atoms with Crippen LogP contribution in [0.1, 0.15) is 0 Å². The molecule has 0 saturated carbocycles. The molecule has 0 aliphatic carbocycles. The fourth-order valence-electron chi connectivity index (χ4n) is 1.60. The lowest BCUT2D eigenvalue weighted by atomic mass is 10.1. The van der Waals surface area contributed by atoms with Crippen molar-refractivity contribution in [3.63, 3.8) is 0 Å². The molecule has 8 heteroatoms. The molecule has 2 N–H and O–H groups in total. The summed E-state index contributed by atoms with van der Waals surface area (Å²) in [6, 6.07) is 6.70. The summed E-state index contributed by atoms with van der Waals surface area (Å²) >= 11 is 0. The van der Waals surface area contributed by atoms with Crippen LogP contribution >= 0.6 is 0 Å². The van der Waals surface area contributed by atoms with E-state index < -0.39 is 10.1 Å². The quantitative estimate of drug-likeness (QED) is 0.490. The van der Waals surface area contributed by atoms with Crippen molar-refractivity contribution in [3.05, 3.63) is 30.3 Å². The lowest BCUT2D eigenvalue weighted by Crippen LogP contribution is -1.97. The monoisotopic (exact) mass is 262 g/mol. The van der Waals surface area contributed by atoms with Crippen molar-refractivity contribution in [1.82, 2.24) is 0 Å². The second-order valence-corrected chi connectivity index (χ2v) is 4.93. The van der Waals surface area contributed by atoms with Crippen molar-refractivity contribution in [1.29, 1.82) is 0 Å². The number of benzene rings is 2. The maximum atomic E-state index is 11.0. The molecule has 0 saturated heterocycles. The summed E-state index contributed by atoms with van der Waals surface area (Å²) < 4.78 is 30.9. The van der Waals surface area contributed by atoms with Gasteiger partial charge in [0.15, 0.2) is 0 Å². The molecule has 2 aromatic carbocycles. The van der Waals surface area contributed by atoms with Crippen LogP contribution in [0, 0.1) is 0 Å². The fourth-order valence-corrected chi connectivity index (χ4v) is 2.12. The number of aromatic hydroxyl groups is 1. The third kappa shape index (κ3) is 2.20. The number of nitrogens with zero attached hydrogens (tertiary/aromatic N) is 2. The van der Waals surface area contributed by atoms with Crippen LogP contribution in [-0.2, 0) is 10.1 Å². The van der Waals surface area contributed by atoms with Crippen LogP contribution < -0.4 is 0 Å². The standard InChI is InChI=1S/C10H7BN2O4S/c11-13-12-10-8-3-2-7(18(15,16)17)5-6(8)1-4-9(10)14/h1-5,14H,(H,15,16,17). The number of hydrogen-bond donors (Lipinski definition) is 2. The van der Waals surface area contributed by atoms with Crippen molar-refractivity contribution < 1.29 is 18.1 Å². The average Bonchev–Trinajstić information content (AvgIpc) is 2.31. The normalized spacial score (nSPS) is 12.3. The topological polar surface area (TPSA) is 99.3 Å². The minimum absolute atomic E-state index is 0.128. The predicted molar refractivity (Wildman–Crippen MR) is 65.7 cm³/mol. The van der Waals surface area contributed by atoms with Crippen molar-refractivity contribution in [2.24, 2.45) is 10.1 Å². The highest BCUT2D eigenvalue weighted by molar-refractivity contribution is 7.85. The number of phenolic OH excluding ortho intramolecular Hbond substituents is 1. The van der Waals surface area contributed by atoms with Gasteiger partial charge < -0.3 is 5.11 Å². The first kappa shape index (κ1) is 12.5. The molecule has 0 heterocycles. The molecule has 2 aromatic rings. The highest BCUT2D eigenvalue weighted by atomic mass is 32.2. The molecular formula is C10H7BN2O4S. The molecule has 2 rings (SSSR count). The van der Waals surface area contributed by atoms with E-state index in [2.05, 4.69) is 10.1 Å². The van der Waals surface area contributed by atoms with Gasteiger partial charge >= 0.3 is 0 Å². The Labute approximate surface area is 104 Å². The van der Waals surface area contributed by atoms with Crippen LogP contribution in [0.15, 0.2) is 45.4 Å². The van der Waals surface area contributed by atoms with Gasteiger partial charge in [-0.2, -0.15) is 13.5 Å². The Hall–Kier alpha value is -1.93.